The monoisotopic (exact) mass is 238 g/mol. The minimum Gasteiger partial charge on any atom is -0.550 e. The average Bonchev–Trinajstić information content (AvgIpc) is 3.07. The molecule has 1 aliphatic carbocycles. The summed E-state index contributed by atoms with van der Waals surface area (Å²) < 4.78 is 0. The number of hydrogen-bond acceptors (Lipinski definition) is 4. The van der Waals surface area contributed by atoms with Crippen molar-refractivity contribution in [1.29, 1.82) is 0 Å². The Balaban J connectivity index is 0.00000120. The molecule has 18 heavy (non-hydrogen) atoms. The first kappa shape index (κ1) is 13.4. The van der Waals surface area contributed by atoms with E-state index in [9.17, 15) is 9.90 Å². The quantitative estimate of drug-likeness (QED) is 0.546. The first-order valence-corrected chi connectivity index (χ1v) is 6.13. The van der Waals surface area contributed by atoms with E-state index in [4.69, 9.17) is 0 Å². The van der Waals surface area contributed by atoms with Crippen molar-refractivity contribution >= 4 is 11.7 Å². The molecule has 2 heterocycles. The van der Waals surface area contributed by atoms with Gasteiger partial charge in [-0.1, -0.05) is 0 Å². The zero-order chi connectivity index (χ0) is 11.8. The van der Waals surface area contributed by atoms with Crippen molar-refractivity contribution in [3.63, 3.8) is 0 Å². The fourth-order valence-electron chi connectivity index (χ4n) is 2.35. The molecule has 1 aromatic heterocycles. The number of pyridine rings is 1. The molecule has 1 aromatic rings. The number of rotatable bonds is 4. The first-order valence-electron chi connectivity index (χ1n) is 6.13. The normalized spacial score (nSPS) is 19.0. The van der Waals surface area contributed by atoms with Crippen LogP contribution in [-0.2, 0) is 4.79 Å². The second kappa shape index (κ2) is 5.34. The topological polar surface area (TPSA) is 56.3 Å². The third-order valence-electron chi connectivity index (χ3n) is 3.54. The predicted molar refractivity (Wildman–Crippen MR) is 61.5 cm³/mol. The van der Waals surface area contributed by atoms with Gasteiger partial charge in [-0.05, 0) is 37.3 Å². The molecule has 90 valence electrons. The van der Waals surface area contributed by atoms with Crippen molar-refractivity contribution in [3.05, 3.63) is 24.0 Å². The maximum absolute atomic E-state index is 10.4. The van der Waals surface area contributed by atoms with E-state index in [-0.39, 0.29) is 31.2 Å². The van der Waals surface area contributed by atoms with Crippen molar-refractivity contribution in [2.75, 3.05) is 18.0 Å². The minimum atomic E-state index is -0.947. The average molecular weight is 238 g/mol. The van der Waals surface area contributed by atoms with E-state index in [1.54, 1.807) is 0 Å². The molecule has 0 N–H and O–H groups in total. The number of carbonyl (C=O) groups excluding carboxylic acids is 1. The summed E-state index contributed by atoms with van der Waals surface area (Å²) in [6.07, 6.45) is 4.61. The second-order valence-corrected chi connectivity index (χ2v) is 5.06. The Morgan fingerprint density at radius 2 is 2.11 bits per heavy atom. The molecule has 0 amide bonds. The van der Waals surface area contributed by atoms with E-state index in [1.807, 2.05) is 6.20 Å². The smallest absolute Gasteiger partial charge is 0.550 e. The predicted octanol–water partition coefficient (Wildman–Crippen LogP) is -2.46. The van der Waals surface area contributed by atoms with Crippen molar-refractivity contribution < 1.29 is 28.8 Å². The first-order chi connectivity index (χ1) is 8.22. The fourth-order valence-corrected chi connectivity index (χ4v) is 2.35. The van der Waals surface area contributed by atoms with E-state index >= 15 is 0 Å². The van der Waals surface area contributed by atoms with E-state index in [1.165, 1.54) is 18.5 Å². The van der Waals surface area contributed by atoms with Gasteiger partial charge in [0.05, 0.1) is 11.9 Å². The molecule has 2 fully saturated rings. The van der Waals surface area contributed by atoms with Crippen LogP contribution in [0.3, 0.4) is 0 Å². The summed E-state index contributed by atoms with van der Waals surface area (Å²) in [5, 5.41) is 10.4. The summed E-state index contributed by atoms with van der Waals surface area (Å²) >= 11 is 0. The SMILES string of the molecule is O=C([O-])CC1CN(c2ccc(C3CC3)nc2)C1.[Li+]. The van der Waals surface area contributed by atoms with Crippen LogP contribution in [-0.4, -0.2) is 24.0 Å². The number of carbonyl (C=O) groups is 1. The number of aromatic nitrogens is 1. The van der Waals surface area contributed by atoms with Gasteiger partial charge in [-0.15, -0.1) is 0 Å². The van der Waals surface area contributed by atoms with Gasteiger partial charge in [0.1, 0.15) is 0 Å². The third kappa shape index (κ3) is 2.88. The summed E-state index contributed by atoms with van der Waals surface area (Å²) in [6.45, 7) is 1.61. The van der Waals surface area contributed by atoms with Crippen molar-refractivity contribution in [3.8, 4) is 0 Å². The Morgan fingerprint density at radius 1 is 1.39 bits per heavy atom. The Labute approximate surface area is 119 Å². The molecule has 4 nitrogen and oxygen atoms in total. The molecule has 5 heteroatoms. The molecule has 0 atom stereocenters. The van der Waals surface area contributed by atoms with Crippen molar-refractivity contribution in [1.82, 2.24) is 4.98 Å². The zero-order valence-corrected chi connectivity index (χ0v) is 10.6. The van der Waals surface area contributed by atoms with Crippen LogP contribution < -0.4 is 28.9 Å². The molecule has 0 aromatic carbocycles. The Kier molecular flexibility index (Phi) is 3.99. The van der Waals surface area contributed by atoms with E-state index in [2.05, 4.69) is 22.0 Å². The number of nitrogens with zero attached hydrogens (tertiary/aromatic N) is 2. The van der Waals surface area contributed by atoms with Gasteiger partial charge in [-0.25, -0.2) is 0 Å². The molecule has 0 spiro atoms. The Hall–Kier alpha value is -0.983. The number of hydrogen-bond donors (Lipinski definition) is 0. The zero-order valence-electron chi connectivity index (χ0n) is 10.6. The summed E-state index contributed by atoms with van der Waals surface area (Å²) in [7, 11) is 0. The van der Waals surface area contributed by atoms with Gasteiger partial charge in [0.2, 0.25) is 0 Å². The molecule has 2 aliphatic rings. The van der Waals surface area contributed by atoms with E-state index < -0.39 is 5.97 Å². The number of aliphatic carboxylic acids is 1. The second-order valence-electron chi connectivity index (χ2n) is 5.06. The standard InChI is InChI=1S/C13H16N2O2.Li/c16-13(17)5-9-7-15(8-9)11-3-4-12(14-6-11)10-1-2-10;/h3-4,6,9-10H,1-2,5,7-8H2,(H,16,17);/q;+1/p-1. The molecule has 1 aliphatic heterocycles. The van der Waals surface area contributed by atoms with Crippen LogP contribution in [0.15, 0.2) is 18.3 Å². The van der Waals surface area contributed by atoms with Crippen molar-refractivity contribution in [2.45, 2.75) is 25.2 Å². The van der Waals surface area contributed by atoms with Gasteiger partial charge >= 0.3 is 18.9 Å². The molecule has 0 radical (unpaired) electrons. The van der Waals surface area contributed by atoms with Gasteiger partial charge in [-0.3, -0.25) is 4.98 Å². The van der Waals surface area contributed by atoms with Gasteiger partial charge in [-0.2, -0.15) is 0 Å². The van der Waals surface area contributed by atoms with E-state index in [0.29, 0.717) is 5.92 Å². The van der Waals surface area contributed by atoms with Crippen molar-refractivity contribution in [2.24, 2.45) is 5.92 Å². The van der Waals surface area contributed by atoms with Crippen LogP contribution in [0, 0.1) is 5.92 Å². The van der Waals surface area contributed by atoms with Crippen LogP contribution in [0.1, 0.15) is 30.9 Å². The fraction of sp³-hybridized carbons (Fsp3) is 0.538. The summed E-state index contributed by atoms with van der Waals surface area (Å²) in [5.41, 5.74) is 2.30. The van der Waals surface area contributed by atoms with Gasteiger partial charge in [0.25, 0.3) is 0 Å². The number of anilines is 1. The van der Waals surface area contributed by atoms with Crippen LogP contribution in [0.4, 0.5) is 5.69 Å². The van der Waals surface area contributed by atoms with Crippen LogP contribution in [0.2, 0.25) is 0 Å². The van der Waals surface area contributed by atoms with Crippen LogP contribution in [0.5, 0.6) is 0 Å². The van der Waals surface area contributed by atoms with Gasteiger partial charge in [0, 0.05) is 30.7 Å². The largest absolute Gasteiger partial charge is 1.00 e. The molecule has 3 rings (SSSR count). The Bertz CT molecular complexity index is 425. The molecular formula is C13H15LiN2O2. The molecular weight excluding hydrogens is 223 g/mol. The summed E-state index contributed by atoms with van der Waals surface area (Å²) in [4.78, 5) is 17.1. The molecule has 1 saturated heterocycles. The van der Waals surface area contributed by atoms with Crippen LogP contribution in [0.25, 0.3) is 0 Å². The number of carboxylic acids is 1. The maximum Gasteiger partial charge on any atom is 1.00 e. The third-order valence-corrected chi connectivity index (χ3v) is 3.54. The summed E-state index contributed by atoms with van der Waals surface area (Å²) in [6, 6.07) is 4.19. The molecule has 0 unspecified atom stereocenters. The molecule has 1 saturated carbocycles. The Morgan fingerprint density at radius 3 is 2.61 bits per heavy atom. The van der Waals surface area contributed by atoms with Gasteiger partial charge in [0.15, 0.2) is 0 Å². The summed E-state index contributed by atoms with van der Waals surface area (Å²) in [5.74, 6) is -0.0220. The minimum absolute atomic E-state index is 0. The van der Waals surface area contributed by atoms with Crippen LogP contribution >= 0.6 is 0 Å². The van der Waals surface area contributed by atoms with Gasteiger partial charge < -0.3 is 14.8 Å². The maximum atomic E-state index is 10.4. The number of carboxylic acid groups (broad SMARTS) is 1. The van der Waals surface area contributed by atoms with E-state index in [0.717, 1.165) is 18.8 Å². The molecule has 0 bridgehead atoms.